The Bertz CT molecular complexity index is 467. The Morgan fingerprint density at radius 1 is 1.10 bits per heavy atom. The average Bonchev–Trinajstić information content (AvgIpc) is 2.23. The van der Waals surface area contributed by atoms with Crippen LogP contribution in [0.5, 0.6) is 0 Å². The Kier molecular flexibility index (Phi) is 4.81. The van der Waals surface area contributed by atoms with E-state index in [9.17, 15) is 14.4 Å². The first kappa shape index (κ1) is 17.2. The van der Waals surface area contributed by atoms with Gasteiger partial charge in [-0.05, 0) is 54.0 Å². The van der Waals surface area contributed by atoms with E-state index in [1.54, 1.807) is 47.6 Å². The quantitative estimate of drug-likeness (QED) is 0.695. The molecular weight excluding hydrogens is 274 g/mol. The fraction of sp³-hybridized carbons (Fsp3) is 0.667. The summed E-state index contributed by atoms with van der Waals surface area (Å²) >= 11 is 0. The number of nitrogens with zero attached hydrogens (tertiary/aromatic N) is 1. The van der Waals surface area contributed by atoms with Crippen LogP contribution in [0, 0.1) is 0 Å². The van der Waals surface area contributed by atoms with Gasteiger partial charge in [0, 0.05) is 0 Å². The third kappa shape index (κ3) is 5.21. The molecule has 118 valence electrons. The van der Waals surface area contributed by atoms with Gasteiger partial charge in [0.25, 0.3) is 5.91 Å². The van der Waals surface area contributed by atoms with Crippen molar-refractivity contribution in [3.05, 3.63) is 12.2 Å². The standard InChI is InChI=1S/C15H23NO5/c1-14(2,3)20-12(18)10-8-7-9-11(17)16(10)13(19)21-15(4,5)6/h7,9-10H,8H2,1-6H3/t10-/m1/s1. The van der Waals surface area contributed by atoms with E-state index in [1.807, 2.05) is 0 Å². The SMILES string of the molecule is CC(C)(C)OC(=O)[C@H]1CC=CC(=O)N1C(=O)OC(C)(C)C. The van der Waals surface area contributed by atoms with E-state index in [0.717, 1.165) is 4.90 Å². The number of amides is 2. The summed E-state index contributed by atoms with van der Waals surface area (Å²) in [6.07, 6.45) is 2.19. The Morgan fingerprint density at radius 3 is 2.10 bits per heavy atom. The summed E-state index contributed by atoms with van der Waals surface area (Å²) in [5.74, 6) is -1.20. The fourth-order valence-electron chi connectivity index (χ4n) is 1.74. The highest BCUT2D eigenvalue weighted by Gasteiger charge is 2.40. The van der Waals surface area contributed by atoms with E-state index in [0.29, 0.717) is 0 Å². The first-order valence-electron chi connectivity index (χ1n) is 6.86. The zero-order valence-electron chi connectivity index (χ0n) is 13.4. The molecule has 2 amide bonds. The van der Waals surface area contributed by atoms with Gasteiger partial charge in [-0.15, -0.1) is 0 Å². The van der Waals surface area contributed by atoms with Gasteiger partial charge >= 0.3 is 12.1 Å². The molecule has 1 heterocycles. The molecule has 1 atom stereocenters. The average molecular weight is 297 g/mol. The lowest BCUT2D eigenvalue weighted by molar-refractivity contribution is -0.163. The van der Waals surface area contributed by atoms with Crippen LogP contribution in [0.1, 0.15) is 48.0 Å². The second kappa shape index (κ2) is 5.87. The van der Waals surface area contributed by atoms with E-state index < -0.39 is 35.2 Å². The smallest absolute Gasteiger partial charge is 0.418 e. The minimum atomic E-state index is -0.989. The van der Waals surface area contributed by atoms with Crippen LogP contribution in [0.4, 0.5) is 4.79 Å². The number of hydrogen-bond acceptors (Lipinski definition) is 5. The van der Waals surface area contributed by atoms with Crippen molar-refractivity contribution < 1.29 is 23.9 Å². The summed E-state index contributed by atoms with van der Waals surface area (Å²) in [6, 6.07) is -0.989. The molecule has 0 saturated carbocycles. The Hall–Kier alpha value is -1.85. The summed E-state index contributed by atoms with van der Waals surface area (Å²) < 4.78 is 10.4. The van der Waals surface area contributed by atoms with Crippen LogP contribution in [0.2, 0.25) is 0 Å². The molecular formula is C15H23NO5. The van der Waals surface area contributed by atoms with Crippen LogP contribution >= 0.6 is 0 Å². The van der Waals surface area contributed by atoms with Crippen molar-refractivity contribution in [2.45, 2.75) is 65.2 Å². The third-order valence-corrected chi connectivity index (χ3v) is 2.44. The van der Waals surface area contributed by atoms with Gasteiger partial charge in [0.05, 0.1) is 0 Å². The number of ether oxygens (including phenoxy) is 2. The number of rotatable bonds is 1. The molecule has 6 heteroatoms. The number of imide groups is 1. The molecule has 0 aromatic heterocycles. The van der Waals surface area contributed by atoms with Crippen molar-refractivity contribution >= 4 is 18.0 Å². The van der Waals surface area contributed by atoms with Gasteiger partial charge in [0.15, 0.2) is 0 Å². The van der Waals surface area contributed by atoms with E-state index >= 15 is 0 Å². The van der Waals surface area contributed by atoms with Crippen LogP contribution in [0.25, 0.3) is 0 Å². The minimum Gasteiger partial charge on any atom is -0.458 e. The lowest BCUT2D eigenvalue weighted by Crippen LogP contribution is -2.52. The summed E-state index contributed by atoms with van der Waals surface area (Å²) in [7, 11) is 0. The van der Waals surface area contributed by atoms with Crippen molar-refractivity contribution in [1.82, 2.24) is 4.90 Å². The molecule has 1 aliphatic heterocycles. The van der Waals surface area contributed by atoms with Crippen LogP contribution in [0.3, 0.4) is 0 Å². The number of carbonyl (C=O) groups excluding carboxylic acids is 3. The predicted octanol–water partition coefficient (Wildman–Crippen LogP) is 2.42. The monoisotopic (exact) mass is 297 g/mol. The lowest BCUT2D eigenvalue weighted by atomic mass is 10.1. The van der Waals surface area contributed by atoms with Crippen LogP contribution in [0.15, 0.2) is 12.2 Å². The predicted molar refractivity (Wildman–Crippen MR) is 76.5 cm³/mol. The number of esters is 1. The van der Waals surface area contributed by atoms with Gasteiger partial charge in [-0.2, -0.15) is 0 Å². The molecule has 6 nitrogen and oxygen atoms in total. The van der Waals surface area contributed by atoms with Crippen molar-refractivity contribution in [3.8, 4) is 0 Å². The summed E-state index contributed by atoms with van der Waals surface area (Å²) in [4.78, 5) is 37.1. The molecule has 0 N–H and O–H groups in total. The normalized spacial score (nSPS) is 19.4. The summed E-state index contributed by atoms with van der Waals surface area (Å²) in [5, 5.41) is 0. The van der Waals surface area contributed by atoms with E-state index in [-0.39, 0.29) is 6.42 Å². The van der Waals surface area contributed by atoms with E-state index in [1.165, 1.54) is 6.08 Å². The molecule has 1 rings (SSSR count). The van der Waals surface area contributed by atoms with Crippen molar-refractivity contribution in [1.29, 1.82) is 0 Å². The molecule has 0 bridgehead atoms. The van der Waals surface area contributed by atoms with E-state index in [2.05, 4.69) is 0 Å². The zero-order valence-corrected chi connectivity index (χ0v) is 13.4. The van der Waals surface area contributed by atoms with Gasteiger partial charge in [0.2, 0.25) is 0 Å². The lowest BCUT2D eigenvalue weighted by Gasteiger charge is -2.33. The Balaban J connectivity index is 2.95. The van der Waals surface area contributed by atoms with Crippen molar-refractivity contribution in [2.24, 2.45) is 0 Å². The number of hydrogen-bond donors (Lipinski definition) is 0. The molecule has 0 aromatic carbocycles. The summed E-state index contributed by atoms with van der Waals surface area (Å²) in [6.45, 7) is 10.3. The highest BCUT2D eigenvalue weighted by atomic mass is 16.6. The second-order valence-electron chi connectivity index (χ2n) is 6.88. The topological polar surface area (TPSA) is 72.9 Å². The molecule has 0 aromatic rings. The van der Waals surface area contributed by atoms with Crippen molar-refractivity contribution in [3.63, 3.8) is 0 Å². The first-order chi connectivity index (χ1) is 9.41. The van der Waals surface area contributed by atoms with Gasteiger partial charge in [-0.1, -0.05) is 6.08 Å². The maximum Gasteiger partial charge on any atom is 0.418 e. The largest absolute Gasteiger partial charge is 0.458 e. The highest BCUT2D eigenvalue weighted by Crippen LogP contribution is 2.20. The zero-order chi connectivity index (χ0) is 16.4. The molecule has 0 unspecified atom stereocenters. The molecule has 0 saturated heterocycles. The van der Waals surface area contributed by atoms with Crippen molar-refractivity contribution in [2.75, 3.05) is 0 Å². The molecule has 0 spiro atoms. The highest BCUT2D eigenvalue weighted by molar-refractivity contribution is 6.03. The summed E-state index contributed by atoms with van der Waals surface area (Å²) in [5.41, 5.74) is -1.45. The number of carbonyl (C=O) groups is 3. The molecule has 0 fully saturated rings. The Morgan fingerprint density at radius 2 is 1.62 bits per heavy atom. The Labute approximate surface area is 125 Å². The van der Waals surface area contributed by atoms with Crippen LogP contribution in [-0.2, 0) is 19.1 Å². The maximum absolute atomic E-state index is 12.2. The molecule has 0 radical (unpaired) electrons. The molecule has 1 aliphatic rings. The van der Waals surface area contributed by atoms with Gasteiger partial charge in [0.1, 0.15) is 17.2 Å². The van der Waals surface area contributed by atoms with Gasteiger partial charge < -0.3 is 9.47 Å². The maximum atomic E-state index is 12.2. The molecule has 0 aliphatic carbocycles. The minimum absolute atomic E-state index is 0.222. The van der Waals surface area contributed by atoms with Gasteiger partial charge in [-0.25, -0.2) is 14.5 Å². The fourth-order valence-corrected chi connectivity index (χ4v) is 1.74. The second-order valence-corrected chi connectivity index (χ2v) is 6.88. The van der Waals surface area contributed by atoms with Gasteiger partial charge in [-0.3, -0.25) is 4.79 Å². The van der Waals surface area contributed by atoms with Crippen LogP contribution in [-0.4, -0.2) is 40.1 Å². The third-order valence-electron chi connectivity index (χ3n) is 2.44. The molecule has 21 heavy (non-hydrogen) atoms. The first-order valence-corrected chi connectivity index (χ1v) is 6.86. The van der Waals surface area contributed by atoms with Crippen LogP contribution < -0.4 is 0 Å². The van der Waals surface area contributed by atoms with E-state index in [4.69, 9.17) is 9.47 Å².